The third-order valence-corrected chi connectivity index (χ3v) is 6.48. The van der Waals surface area contributed by atoms with Crippen LogP contribution in [-0.4, -0.2) is 28.5 Å². The second kappa shape index (κ2) is 15.2. The standard InChI is InChI=1S/C23H22ClN5OS2.C2H6/c1-16(25-2)22(31-15-28-21(30)13-18-8-6-7-11-26-18)17-12-20(23(24)27-14-17)29-32-19-9-4-3-5-10-19;1-2/h3-12,14,29H,2,13,15H2,1H3,(H,28,30);1-2H3/b22-16-;. The largest absolute Gasteiger partial charge is 0.346 e. The number of thioether (sulfide) groups is 1. The van der Waals surface area contributed by atoms with E-state index in [1.807, 2.05) is 75.4 Å². The number of amides is 1. The summed E-state index contributed by atoms with van der Waals surface area (Å²) in [5.41, 5.74) is 2.98. The number of allylic oxidation sites excluding steroid dienone is 1. The van der Waals surface area contributed by atoms with Gasteiger partial charge in [0.05, 0.1) is 23.7 Å². The number of hydrogen-bond donors (Lipinski definition) is 2. The van der Waals surface area contributed by atoms with E-state index in [4.69, 9.17) is 11.6 Å². The van der Waals surface area contributed by atoms with Crippen molar-refractivity contribution in [2.24, 2.45) is 4.99 Å². The molecule has 1 amide bonds. The Labute approximate surface area is 214 Å². The highest BCUT2D eigenvalue weighted by Gasteiger charge is 2.12. The third kappa shape index (κ3) is 8.85. The number of nitrogens with zero attached hydrogens (tertiary/aromatic N) is 3. The average molecular weight is 514 g/mol. The molecule has 6 nitrogen and oxygen atoms in total. The lowest BCUT2D eigenvalue weighted by Crippen LogP contribution is -2.25. The number of rotatable bonds is 10. The van der Waals surface area contributed by atoms with Gasteiger partial charge in [0.15, 0.2) is 5.15 Å². The average Bonchev–Trinajstić information content (AvgIpc) is 2.88. The van der Waals surface area contributed by atoms with E-state index in [-0.39, 0.29) is 12.3 Å². The maximum absolute atomic E-state index is 12.2. The molecule has 0 saturated carbocycles. The fourth-order valence-corrected chi connectivity index (χ4v) is 4.45. The number of hydrogen-bond acceptors (Lipinski definition) is 7. The van der Waals surface area contributed by atoms with Crippen molar-refractivity contribution in [2.45, 2.75) is 32.1 Å². The van der Waals surface area contributed by atoms with E-state index in [1.165, 1.54) is 23.7 Å². The molecule has 0 saturated heterocycles. The lowest BCUT2D eigenvalue weighted by atomic mass is 10.2. The number of aromatic nitrogens is 2. The van der Waals surface area contributed by atoms with Crippen LogP contribution in [0.4, 0.5) is 5.69 Å². The van der Waals surface area contributed by atoms with Crippen molar-refractivity contribution in [3.8, 4) is 0 Å². The highest BCUT2D eigenvalue weighted by molar-refractivity contribution is 8.08. The predicted octanol–water partition coefficient (Wildman–Crippen LogP) is 6.71. The van der Waals surface area contributed by atoms with Gasteiger partial charge in [-0.05, 0) is 55.9 Å². The maximum atomic E-state index is 12.2. The van der Waals surface area contributed by atoms with E-state index in [0.717, 1.165) is 26.8 Å². The normalized spacial score (nSPS) is 10.9. The van der Waals surface area contributed by atoms with Crippen molar-refractivity contribution in [1.29, 1.82) is 0 Å². The van der Waals surface area contributed by atoms with E-state index in [9.17, 15) is 4.79 Å². The van der Waals surface area contributed by atoms with Crippen molar-refractivity contribution >= 4 is 58.5 Å². The second-order valence-corrected chi connectivity index (χ2v) is 8.76. The highest BCUT2D eigenvalue weighted by Crippen LogP contribution is 2.34. The van der Waals surface area contributed by atoms with E-state index in [1.54, 1.807) is 12.4 Å². The maximum Gasteiger partial charge on any atom is 0.226 e. The minimum atomic E-state index is -0.101. The fraction of sp³-hybridized carbons (Fsp3) is 0.200. The molecule has 2 heterocycles. The number of anilines is 1. The minimum Gasteiger partial charge on any atom is -0.346 e. The number of aliphatic imine (C=N–C) groups is 1. The molecule has 0 fully saturated rings. The lowest BCUT2D eigenvalue weighted by molar-refractivity contribution is -0.120. The number of nitrogens with one attached hydrogen (secondary N) is 2. The van der Waals surface area contributed by atoms with Crippen LogP contribution in [0.5, 0.6) is 0 Å². The summed E-state index contributed by atoms with van der Waals surface area (Å²) < 4.78 is 3.25. The Hall–Kier alpha value is -2.81. The molecule has 2 N–H and O–H groups in total. The van der Waals surface area contributed by atoms with E-state index in [0.29, 0.717) is 16.7 Å². The smallest absolute Gasteiger partial charge is 0.226 e. The van der Waals surface area contributed by atoms with Gasteiger partial charge in [-0.1, -0.05) is 49.7 Å². The summed E-state index contributed by atoms with van der Waals surface area (Å²) in [6.45, 7) is 9.51. The molecule has 34 heavy (non-hydrogen) atoms. The van der Waals surface area contributed by atoms with Crippen molar-refractivity contribution < 1.29 is 4.79 Å². The molecular formula is C25H28ClN5OS2. The molecule has 178 valence electrons. The van der Waals surface area contributed by atoms with Gasteiger partial charge in [-0.25, -0.2) is 4.98 Å². The summed E-state index contributed by atoms with van der Waals surface area (Å²) >= 11 is 9.19. The molecule has 0 radical (unpaired) electrons. The molecule has 0 spiro atoms. The molecule has 9 heteroatoms. The minimum absolute atomic E-state index is 0.101. The van der Waals surface area contributed by atoms with Crippen LogP contribution in [0.2, 0.25) is 5.15 Å². The van der Waals surface area contributed by atoms with Gasteiger partial charge in [0, 0.05) is 33.5 Å². The van der Waals surface area contributed by atoms with Gasteiger partial charge >= 0.3 is 0 Å². The quantitative estimate of drug-likeness (QED) is 0.136. The summed E-state index contributed by atoms with van der Waals surface area (Å²) in [6.07, 6.45) is 3.59. The van der Waals surface area contributed by atoms with E-state index in [2.05, 4.69) is 31.7 Å². The van der Waals surface area contributed by atoms with Crippen molar-refractivity contribution in [3.63, 3.8) is 0 Å². The molecule has 0 aliphatic carbocycles. The Morgan fingerprint density at radius 1 is 1.12 bits per heavy atom. The monoisotopic (exact) mass is 513 g/mol. The van der Waals surface area contributed by atoms with Gasteiger partial charge in [0.1, 0.15) is 0 Å². The number of carbonyl (C=O) groups is 1. The Bertz CT molecular complexity index is 1090. The first-order valence-corrected chi connectivity index (χ1v) is 12.9. The molecular weight excluding hydrogens is 486 g/mol. The number of halogens is 1. The number of pyridine rings is 2. The van der Waals surface area contributed by atoms with Crippen LogP contribution >= 0.6 is 35.3 Å². The zero-order valence-corrected chi connectivity index (χ0v) is 21.8. The summed E-state index contributed by atoms with van der Waals surface area (Å²) in [7, 11) is 0. The summed E-state index contributed by atoms with van der Waals surface area (Å²) in [5, 5.41) is 3.27. The molecule has 2 aromatic heterocycles. The van der Waals surface area contributed by atoms with Crippen molar-refractivity contribution in [2.75, 3.05) is 10.6 Å². The highest BCUT2D eigenvalue weighted by atomic mass is 35.5. The summed E-state index contributed by atoms with van der Waals surface area (Å²) in [4.78, 5) is 26.7. The molecule has 0 aliphatic rings. The molecule has 1 aromatic carbocycles. The van der Waals surface area contributed by atoms with E-state index < -0.39 is 0 Å². The SMILES string of the molecule is C=N/C(C)=C(\SCNC(=O)Cc1ccccn1)c1cnc(Cl)c(NSc2ccccc2)c1.CC. The van der Waals surface area contributed by atoms with Crippen LogP contribution in [0.15, 0.2) is 82.6 Å². The number of benzene rings is 1. The third-order valence-electron chi connectivity index (χ3n) is 4.24. The first-order chi connectivity index (χ1) is 16.6. The Morgan fingerprint density at radius 3 is 2.53 bits per heavy atom. The van der Waals surface area contributed by atoms with Crippen LogP contribution in [-0.2, 0) is 11.2 Å². The molecule has 3 rings (SSSR count). The van der Waals surface area contributed by atoms with Crippen LogP contribution in [0.1, 0.15) is 32.0 Å². The van der Waals surface area contributed by atoms with E-state index >= 15 is 0 Å². The molecule has 3 aromatic rings. The molecule has 0 aliphatic heterocycles. The van der Waals surface area contributed by atoms with Gasteiger partial charge in [0.2, 0.25) is 5.91 Å². The molecule has 0 atom stereocenters. The van der Waals surface area contributed by atoms with Gasteiger partial charge in [-0.15, -0.1) is 11.8 Å². The van der Waals surface area contributed by atoms with Crippen molar-refractivity contribution in [1.82, 2.24) is 15.3 Å². The summed E-state index contributed by atoms with van der Waals surface area (Å²) in [5.74, 6) is 0.272. The summed E-state index contributed by atoms with van der Waals surface area (Å²) in [6, 6.07) is 17.3. The second-order valence-electron chi connectivity index (χ2n) is 6.54. The lowest BCUT2D eigenvalue weighted by Gasteiger charge is -2.13. The van der Waals surface area contributed by atoms with Gasteiger partial charge in [-0.2, -0.15) is 0 Å². The predicted molar refractivity (Wildman–Crippen MR) is 147 cm³/mol. The molecule has 0 bridgehead atoms. The Balaban J connectivity index is 0.00000199. The van der Waals surface area contributed by atoms with Gasteiger partial charge in [-0.3, -0.25) is 14.8 Å². The van der Waals surface area contributed by atoms with Gasteiger partial charge in [0.25, 0.3) is 0 Å². The van der Waals surface area contributed by atoms with Gasteiger partial charge < -0.3 is 10.0 Å². The topological polar surface area (TPSA) is 79.3 Å². The number of carbonyl (C=O) groups excluding carboxylic acids is 1. The van der Waals surface area contributed by atoms with Crippen LogP contribution in [0, 0.1) is 0 Å². The zero-order chi connectivity index (χ0) is 24.8. The van der Waals surface area contributed by atoms with Crippen molar-refractivity contribution in [3.05, 3.63) is 89.1 Å². The Morgan fingerprint density at radius 2 is 1.85 bits per heavy atom. The van der Waals surface area contributed by atoms with Crippen LogP contribution in [0.25, 0.3) is 4.91 Å². The fourth-order valence-electron chi connectivity index (χ4n) is 2.63. The molecule has 0 unspecified atom stereocenters. The van der Waals surface area contributed by atoms with Crippen LogP contribution < -0.4 is 10.0 Å². The van der Waals surface area contributed by atoms with Crippen LogP contribution in [0.3, 0.4) is 0 Å². The first-order valence-electron chi connectivity index (χ1n) is 10.7. The first kappa shape index (κ1) is 27.4. The Kier molecular flexibility index (Phi) is 12.2. The zero-order valence-electron chi connectivity index (χ0n) is 19.4.